The van der Waals surface area contributed by atoms with Gasteiger partial charge in [-0.3, -0.25) is 19.4 Å². The molecule has 0 spiro atoms. The number of phenols is 1. The van der Waals surface area contributed by atoms with Gasteiger partial charge in [0.15, 0.2) is 5.82 Å². The molecule has 0 aliphatic carbocycles. The van der Waals surface area contributed by atoms with Crippen LogP contribution in [0.1, 0.15) is 5.56 Å². The SMILES string of the molecule is CNC(=O)CN1CCN(Cc2cc(O)c(N3CC(=O)NS3(=O)=O)c(F)c2)CC1. The maximum absolute atomic E-state index is 14.6. The molecule has 154 valence electrons. The van der Waals surface area contributed by atoms with E-state index in [1.807, 2.05) is 9.80 Å². The van der Waals surface area contributed by atoms with Gasteiger partial charge in [-0.2, -0.15) is 8.42 Å². The predicted molar refractivity (Wildman–Crippen MR) is 98.3 cm³/mol. The number of anilines is 1. The number of rotatable bonds is 5. The third kappa shape index (κ3) is 4.34. The maximum atomic E-state index is 14.6. The zero-order valence-electron chi connectivity index (χ0n) is 15.3. The summed E-state index contributed by atoms with van der Waals surface area (Å²) >= 11 is 0. The summed E-state index contributed by atoms with van der Waals surface area (Å²) in [7, 11) is -2.62. The first kappa shape index (κ1) is 20.3. The van der Waals surface area contributed by atoms with Gasteiger partial charge in [0.25, 0.3) is 5.91 Å². The molecule has 0 unspecified atom stereocenters. The van der Waals surface area contributed by atoms with Crippen LogP contribution in [0.25, 0.3) is 0 Å². The van der Waals surface area contributed by atoms with E-state index in [1.54, 1.807) is 11.8 Å². The van der Waals surface area contributed by atoms with Gasteiger partial charge in [-0.25, -0.2) is 13.4 Å². The number of amides is 2. The van der Waals surface area contributed by atoms with Crippen molar-refractivity contribution in [3.63, 3.8) is 0 Å². The second-order valence-corrected chi connectivity index (χ2v) is 8.30. The van der Waals surface area contributed by atoms with Crippen LogP contribution in [0.15, 0.2) is 12.1 Å². The Hall–Kier alpha value is -2.44. The van der Waals surface area contributed by atoms with Crippen LogP contribution in [-0.4, -0.2) is 81.5 Å². The van der Waals surface area contributed by atoms with E-state index in [-0.39, 0.29) is 5.91 Å². The Balaban J connectivity index is 1.67. The van der Waals surface area contributed by atoms with Crippen LogP contribution in [-0.2, 0) is 26.3 Å². The Kier molecular flexibility index (Phi) is 5.72. The van der Waals surface area contributed by atoms with E-state index in [2.05, 4.69) is 5.32 Å². The van der Waals surface area contributed by atoms with E-state index >= 15 is 0 Å². The molecule has 12 heteroatoms. The molecule has 2 fully saturated rings. The molecule has 0 aromatic heterocycles. The first-order valence-corrected chi connectivity index (χ1v) is 10.1. The predicted octanol–water partition coefficient (Wildman–Crippen LogP) is -1.42. The van der Waals surface area contributed by atoms with E-state index < -0.39 is 39.9 Å². The molecule has 2 aliphatic heterocycles. The highest BCUT2D eigenvalue weighted by Crippen LogP contribution is 2.34. The second kappa shape index (κ2) is 7.89. The van der Waals surface area contributed by atoms with Crippen molar-refractivity contribution in [2.75, 3.05) is 50.6 Å². The Bertz CT molecular complexity index is 862. The molecule has 3 rings (SSSR count). The van der Waals surface area contributed by atoms with Gasteiger partial charge in [-0.15, -0.1) is 0 Å². The minimum Gasteiger partial charge on any atom is -0.506 e. The fourth-order valence-electron chi connectivity index (χ4n) is 3.27. The standard InChI is InChI=1S/C16H22FN5O5S/c1-18-14(24)9-21-4-2-20(3-5-21)8-11-6-12(17)16(13(23)7-11)22-10-15(25)19-28(22,26)27/h6-7,23H,2-5,8-10H2,1H3,(H,18,24)(H,19,25). The lowest BCUT2D eigenvalue weighted by Crippen LogP contribution is -2.48. The lowest BCUT2D eigenvalue weighted by Gasteiger charge is -2.34. The molecule has 2 heterocycles. The molecule has 0 radical (unpaired) electrons. The smallest absolute Gasteiger partial charge is 0.326 e. The highest BCUT2D eigenvalue weighted by Gasteiger charge is 2.37. The van der Waals surface area contributed by atoms with Crippen LogP contribution in [0.2, 0.25) is 0 Å². The third-order valence-electron chi connectivity index (χ3n) is 4.69. The number of phenolic OH excluding ortho intramolecular Hbond substituents is 1. The number of carbonyl (C=O) groups is 2. The Morgan fingerprint density at radius 2 is 1.89 bits per heavy atom. The van der Waals surface area contributed by atoms with Crippen LogP contribution in [0.4, 0.5) is 10.1 Å². The number of aromatic hydroxyl groups is 1. The molecule has 0 bridgehead atoms. The normalized spacial score (nSPS) is 20.2. The zero-order chi connectivity index (χ0) is 20.5. The van der Waals surface area contributed by atoms with E-state index in [4.69, 9.17) is 0 Å². The summed E-state index contributed by atoms with van der Waals surface area (Å²) in [5, 5.41) is 12.8. The van der Waals surface area contributed by atoms with E-state index in [0.29, 0.717) is 49.1 Å². The quantitative estimate of drug-likeness (QED) is 0.539. The summed E-state index contributed by atoms with van der Waals surface area (Å²) in [5.41, 5.74) is -0.0631. The summed E-state index contributed by atoms with van der Waals surface area (Å²) < 4.78 is 40.6. The van der Waals surface area contributed by atoms with Crippen molar-refractivity contribution in [2.45, 2.75) is 6.54 Å². The number of hydrogen-bond donors (Lipinski definition) is 3. The minimum absolute atomic E-state index is 0.0548. The molecule has 2 aliphatic rings. The lowest BCUT2D eigenvalue weighted by atomic mass is 10.1. The summed E-state index contributed by atoms with van der Waals surface area (Å²) in [5.74, 6) is -2.32. The second-order valence-electron chi connectivity index (χ2n) is 6.71. The van der Waals surface area contributed by atoms with Crippen molar-refractivity contribution in [3.8, 4) is 5.75 Å². The van der Waals surface area contributed by atoms with Crippen molar-refractivity contribution < 1.29 is 27.5 Å². The molecular formula is C16H22FN5O5S. The average Bonchev–Trinajstić information content (AvgIpc) is 2.88. The molecule has 1 aromatic rings. The molecule has 3 N–H and O–H groups in total. The molecule has 2 saturated heterocycles. The van der Waals surface area contributed by atoms with Gasteiger partial charge in [0.05, 0.1) is 6.54 Å². The Morgan fingerprint density at radius 1 is 1.25 bits per heavy atom. The number of nitrogens with zero attached hydrogens (tertiary/aromatic N) is 3. The number of nitrogens with one attached hydrogen (secondary N) is 2. The lowest BCUT2D eigenvalue weighted by molar-refractivity contribution is -0.122. The van der Waals surface area contributed by atoms with Gasteiger partial charge in [0.2, 0.25) is 5.91 Å². The van der Waals surface area contributed by atoms with E-state index in [1.165, 1.54) is 6.07 Å². The van der Waals surface area contributed by atoms with E-state index in [9.17, 15) is 27.5 Å². The highest BCUT2D eigenvalue weighted by atomic mass is 32.2. The van der Waals surface area contributed by atoms with Crippen molar-refractivity contribution in [1.82, 2.24) is 19.8 Å². The summed E-state index contributed by atoms with van der Waals surface area (Å²) in [6.07, 6.45) is 0. The molecule has 10 nitrogen and oxygen atoms in total. The van der Waals surface area contributed by atoms with Crippen molar-refractivity contribution >= 4 is 27.7 Å². The number of benzene rings is 1. The highest BCUT2D eigenvalue weighted by molar-refractivity contribution is 7.92. The van der Waals surface area contributed by atoms with Gasteiger partial charge in [0.1, 0.15) is 18.0 Å². The van der Waals surface area contributed by atoms with Crippen LogP contribution in [0, 0.1) is 5.82 Å². The molecule has 0 atom stereocenters. The van der Waals surface area contributed by atoms with Crippen LogP contribution < -0.4 is 14.3 Å². The summed E-state index contributed by atoms with van der Waals surface area (Å²) in [4.78, 5) is 26.8. The third-order valence-corrected chi connectivity index (χ3v) is 6.07. The first-order chi connectivity index (χ1) is 13.2. The topological polar surface area (TPSA) is 122 Å². The molecule has 28 heavy (non-hydrogen) atoms. The first-order valence-electron chi connectivity index (χ1n) is 8.69. The molecular weight excluding hydrogens is 393 g/mol. The van der Waals surface area contributed by atoms with Gasteiger partial charge in [-0.1, -0.05) is 0 Å². The van der Waals surface area contributed by atoms with Gasteiger partial charge >= 0.3 is 10.2 Å². The van der Waals surface area contributed by atoms with Crippen LogP contribution >= 0.6 is 0 Å². The number of hydrogen-bond acceptors (Lipinski definition) is 7. The minimum atomic E-state index is -4.21. The average molecular weight is 415 g/mol. The van der Waals surface area contributed by atoms with Crippen LogP contribution in [0.5, 0.6) is 5.75 Å². The van der Waals surface area contributed by atoms with E-state index in [0.717, 1.165) is 6.07 Å². The summed E-state index contributed by atoms with van der Waals surface area (Å²) in [6.45, 7) is 2.80. The van der Waals surface area contributed by atoms with Crippen molar-refractivity contribution in [2.24, 2.45) is 0 Å². The fourth-order valence-corrected chi connectivity index (χ4v) is 4.44. The summed E-state index contributed by atoms with van der Waals surface area (Å²) in [6, 6.07) is 2.46. The molecule has 2 amide bonds. The number of likely N-dealkylation sites (N-methyl/N-ethyl adjacent to an activating group) is 1. The molecule has 1 aromatic carbocycles. The maximum Gasteiger partial charge on any atom is 0.326 e. The monoisotopic (exact) mass is 415 g/mol. The number of halogens is 1. The Labute approximate surface area is 162 Å². The largest absolute Gasteiger partial charge is 0.506 e. The van der Waals surface area contributed by atoms with Gasteiger partial charge < -0.3 is 10.4 Å². The van der Waals surface area contributed by atoms with Gasteiger partial charge in [-0.05, 0) is 17.7 Å². The number of piperazine rings is 1. The van der Waals surface area contributed by atoms with Crippen molar-refractivity contribution in [1.29, 1.82) is 0 Å². The van der Waals surface area contributed by atoms with Crippen LogP contribution in [0.3, 0.4) is 0 Å². The van der Waals surface area contributed by atoms with Crippen molar-refractivity contribution in [3.05, 3.63) is 23.5 Å². The number of carbonyl (C=O) groups excluding carboxylic acids is 2. The Morgan fingerprint density at radius 3 is 2.43 bits per heavy atom. The van der Waals surface area contributed by atoms with Gasteiger partial charge in [0, 0.05) is 39.8 Å². The zero-order valence-corrected chi connectivity index (χ0v) is 16.1. The fraction of sp³-hybridized carbons (Fsp3) is 0.500. The molecule has 0 saturated carbocycles.